The van der Waals surface area contributed by atoms with E-state index in [0.717, 1.165) is 6.42 Å². The highest BCUT2D eigenvalue weighted by atomic mass is 16.5. The second-order valence-electron chi connectivity index (χ2n) is 4.70. The van der Waals surface area contributed by atoms with Gasteiger partial charge >= 0.3 is 0 Å². The van der Waals surface area contributed by atoms with Crippen molar-refractivity contribution in [2.24, 2.45) is 0 Å². The number of hydrogen-bond donors (Lipinski definition) is 2. The van der Waals surface area contributed by atoms with Gasteiger partial charge in [-0.3, -0.25) is 4.79 Å². The van der Waals surface area contributed by atoms with Gasteiger partial charge in [-0.25, -0.2) is 0 Å². The van der Waals surface area contributed by atoms with E-state index in [0.29, 0.717) is 36.6 Å². The van der Waals surface area contributed by atoms with E-state index in [9.17, 15) is 4.79 Å². The minimum absolute atomic E-state index is 0.0548. The summed E-state index contributed by atoms with van der Waals surface area (Å²) in [6.07, 6.45) is 2.35. The maximum Gasteiger partial charge on any atom is 0.224 e. The SMILES string of the molecule is CCC(C)OCCCC(=O)Nc1ccc(N)cc1OC. The fourth-order valence-electron chi connectivity index (χ4n) is 1.66. The first-order valence-electron chi connectivity index (χ1n) is 6.91. The first-order valence-corrected chi connectivity index (χ1v) is 6.91. The number of carbonyl (C=O) groups is 1. The van der Waals surface area contributed by atoms with E-state index in [1.165, 1.54) is 0 Å². The second-order valence-corrected chi connectivity index (χ2v) is 4.70. The normalized spacial score (nSPS) is 11.9. The van der Waals surface area contributed by atoms with Crippen molar-refractivity contribution < 1.29 is 14.3 Å². The number of anilines is 2. The molecular weight excluding hydrogens is 256 g/mol. The van der Waals surface area contributed by atoms with Gasteiger partial charge in [0.05, 0.1) is 18.9 Å². The summed E-state index contributed by atoms with van der Waals surface area (Å²) in [5.41, 5.74) is 6.90. The van der Waals surface area contributed by atoms with Crippen LogP contribution in [0.4, 0.5) is 11.4 Å². The van der Waals surface area contributed by atoms with Crippen LogP contribution in [0.1, 0.15) is 33.1 Å². The summed E-state index contributed by atoms with van der Waals surface area (Å²) >= 11 is 0. The van der Waals surface area contributed by atoms with Crippen LogP contribution in [0.15, 0.2) is 18.2 Å². The van der Waals surface area contributed by atoms with Gasteiger partial charge in [-0.15, -0.1) is 0 Å². The molecule has 1 aromatic rings. The third-order valence-electron chi connectivity index (χ3n) is 3.03. The van der Waals surface area contributed by atoms with Crippen LogP contribution in [0.5, 0.6) is 5.75 Å². The Morgan fingerprint density at radius 2 is 2.20 bits per heavy atom. The average molecular weight is 280 g/mol. The summed E-state index contributed by atoms with van der Waals surface area (Å²) in [5.74, 6) is 0.509. The van der Waals surface area contributed by atoms with Crippen molar-refractivity contribution in [1.82, 2.24) is 0 Å². The third-order valence-corrected chi connectivity index (χ3v) is 3.03. The molecule has 0 aliphatic carbocycles. The summed E-state index contributed by atoms with van der Waals surface area (Å²) in [5, 5.41) is 2.82. The number of methoxy groups -OCH3 is 1. The Morgan fingerprint density at radius 3 is 2.85 bits per heavy atom. The maximum atomic E-state index is 11.8. The van der Waals surface area contributed by atoms with Crippen LogP contribution >= 0.6 is 0 Å². The highest BCUT2D eigenvalue weighted by molar-refractivity contribution is 5.92. The number of hydrogen-bond acceptors (Lipinski definition) is 4. The van der Waals surface area contributed by atoms with Gasteiger partial charge in [0.25, 0.3) is 0 Å². The molecule has 0 fully saturated rings. The predicted molar refractivity (Wildman–Crippen MR) is 81.0 cm³/mol. The number of nitrogen functional groups attached to an aromatic ring is 1. The lowest BCUT2D eigenvalue weighted by Gasteiger charge is -2.12. The van der Waals surface area contributed by atoms with Crippen LogP contribution in [0.2, 0.25) is 0 Å². The summed E-state index contributed by atoms with van der Waals surface area (Å²) in [4.78, 5) is 11.8. The van der Waals surface area contributed by atoms with Gasteiger partial charge < -0.3 is 20.5 Å². The molecule has 5 heteroatoms. The van der Waals surface area contributed by atoms with Crippen LogP contribution in [-0.2, 0) is 9.53 Å². The van der Waals surface area contributed by atoms with Crippen LogP contribution in [0.3, 0.4) is 0 Å². The first kappa shape index (κ1) is 16.3. The minimum atomic E-state index is -0.0548. The number of rotatable bonds is 8. The molecule has 1 amide bonds. The Labute approximate surface area is 120 Å². The van der Waals surface area contributed by atoms with E-state index >= 15 is 0 Å². The summed E-state index contributed by atoms with van der Waals surface area (Å²) in [6.45, 7) is 4.70. The van der Waals surface area contributed by atoms with Crippen molar-refractivity contribution in [1.29, 1.82) is 0 Å². The van der Waals surface area contributed by atoms with Crippen LogP contribution in [-0.4, -0.2) is 25.7 Å². The summed E-state index contributed by atoms with van der Waals surface area (Å²) < 4.78 is 10.7. The van der Waals surface area contributed by atoms with Crippen molar-refractivity contribution in [2.75, 3.05) is 24.8 Å². The van der Waals surface area contributed by atoms with Gasteiger partial charge in [-0.05, 0) is 31.9 Å². The van der Waals surface area contributed by atoms with Gasteiger partial charge in [0, 0.05) is 24.8 Å². The summed E-state index contributed by atoms with van der Waals surface area (Å²) in [6, 6.07) is 5.15. The molecule has 1 atom stereocenters. The molecule has 1 unspecified atom stereocenters. The van der Waals surface area contributed by atoms with Gasteiger partial charge in [0.2, 0.25) is 5.91 Å². The monoisotopic (exact) mass is 280 g/mol. The molecule has 0 aliphatic rings. The second kappa shape index (κ2) is 8.43. The zero-order valence-electron chi connectivity index (χ0n) is 12.4. The maximum absolute atomic E-state index is 11.8. The van der Waals surface area contributed by atoms with E-state index in [1.54, 1.807) is 25.3 Å². The highest BCUT2D eigenvalue weighted by Crippen LogP contribution is 2.26. The Balaban J connectivity index is 2.39. The number of carbonyl (C=O) groups excluding carboxylic acids is 1. The molecule has 0 spiro atoms. The smallest absolute Gasteiger partial charge is 0.224 e. The van der Waals surface area contributed by atoms with E-state index in [1.807, 2.05) is 6.92 Å². The Kier molecular flexibility index (Phi) is 6.87. The molecule has 0 aromatic heterocycles. The number of benzene rings is 1. The van der Waals surface area contributed by atoms with Crippen LogP contribution in [0.25, 0.3) is 0 Å². The largest absolute Gasteiger partial charge is 0.494 e. The standard InChI is InChI=1S/C15H24N2O3/c1-4-11(2)20-9-5-6-15(18)17-13-8-7-12(16)10-14(13)19-3/h7-8,10-11H,4-6,9,16H2,1-3H3,(H,17,18). The summed E-state index contributed by atoms with van der Waals surface area (Å²) in [7, 11) is 1.55. The topological polar surface area (TPSA) is 73.6 Å². The number of nitrogens with two attached hydrogens (primary N) is 1. The van der Waals surface area contributed by atoms with Gasteiger partial charge in [-0.2, -0.15) is 0 Å². The lowest BCUT2D eigenvalue weighted by molar-refractivity contribution is -0.116. The molecule has 0 aliphatic heterocycles. The van der Waals surface area contributed by atoms with E-state index in [2.05, 4.69) is 12.2 Å². The zero-order chi connectivity index (χ0) is 15.0. The van der Waals surface area contributed by atoms with Crippen molar-refractivity contribution in [3.63, 3.8) is 0 Å². The van der Waals surface area contributed by atoms with Gasteiger partial charge in [0.1, 0.15) is 5.75 Å². The molecular formula is C15H24N2O3. The van der Waals surface area contributed by atoms with E-state index in [-0.39, 0.29) is 12.0 Å². The Bertz CT molecular complexity index is 435. The molecule has 5 nitrogen and oxygen atoms in total. The Hall–Kier alpha value is -1.75. The fraction of sp³-hybridized carbons (Fsp3) is 0.533. The van der Waals surface area contributed by atoms with Crippen molar-refractivity contribution in [2.45, 2.75) is 39.2 Å². The van der Waals surface area contributed by atoms with Crippen molar-refractivity contribution >= 4 is 17.3 Å². The van der Waals surface area contributed by atoms with E-state index in [4.69, 9.17) is 15.2 Å². The zero-order valence-corrected chi connectivity index (χ0v) is 12.4. The lowest BCUT2D eigenvalue weighted by Crippen LogP contribution is -2.14. The highest BCUT2D eigenvalue weighted by Gasteiger charge is 2.08. The third kappa shape index (κ3) is 5.48. The first-order chi connectivity index (χ1) is 9.56. The molecule has 3 N–H and O–H groups in total. The molecule has 112 valence electrons. The van der Waals surface area contributed by atoms with Crippen molar-refractivity contribution in [3.05, 3.63) is 18.2 Å². The average Bonchev–Trinajstić information content (AvgIpc) is 2.45. The molecule has 0 radical (unpaired) electrons. The fourth-order valence-corrected chi connectivity index (χ4v) is 1.66. The van der Waals surface area contributed by atoms with Gasteiger partial charge in [-0.1, -0.05) is 6.92 Å². The molecule has 1 rings (SSSR count). The number of nitrogens with one attached hydrogen (secondary N) is 1. The molecule has 20 heavy (non-hydrogen) atoms. The van der Waals surface area contributed by atoms with E-state index < -0.39 is 0 Å². The molecule has 0 saturated heterocycles. The number of amides is 1. The van der Waals surface area contributed by atoms with Crippen molar-refractivity contribution in [3.8, 4) is 5.75 Å². The molecule has 0 heterocycles. The molecule has 0 saturated carbocycles. The quantitative estimate of drug-likeness (QED) is 0.567. The van der Waals surface area contributed by atoms with Crippen LogP contribution < -0.4 is 15.8 Å². The molecule has 0 bridgehead atoms. The number of ether oxygens (including phenoxy) is 2. The van der Waals surface area contributed by atoms with Gasteiger partial charge in [0.15, 0.2) is 0 Å². The lowest BCUT2D eigenvalue weighted by atomic mass is 10.2. The predicted octanol–water partition coefficient (Wildman–Crippen LogP) is 2.81. The molecule has 1 aromatic carbocycles. The Morgan fingerprint density at radius 1 is 1.45 bits per heavy atom. The minimum Gasteiger partial charge on any atom is -0.494 e. The van der Waals surface area contributed by atoms with Crippen LogP contribution in [0, 0.1) is 0 Å².